The average molecular weight is 323 g/mol. The topological polar surface area (TPSA) is 33.2 Å². The monoisotopic (exact) mass is 322 g/mol. The number of halogens is 2. The zero-order valence-electron chi connectivity index (χ0n) is 10.3. The van der Waals surface area contributed by atoms with Gasteiger partial charge < -0.3 is 4.90 Å². The summed E-state index contributed by atoms with van der Waals surface area (Å²) in [6.07, 6.45) is 1.56. The highest BCUT2D eigenvalue weighted by atomic mass is 79.9. The molecule has 0 spiro atoms. The molecule has 1 aromatic carbocycles. The third-order valence-electron chi connectivity index (χ3n) is 2.62. The number of pyridine rings is 1. The molecule has 3 nitrogen and oxygen atoms in total. The largest absolute Gasteiger partial charge is 0.336 e. The Bertz CT molecular complexity index is 604. The first-order valence-corrected chi connectivity index (χ1v) is 6.47. The van der Waals surface area contributed by atoms with Gasteiger partial charge in [-0.25, -0.2) is 9.37 Å². The standard InChI is InChI=1S/C14H12BrFN2O/c1-18(9-10-4-2-5-11(16)8-10)14(19)13-12(15)6-3-7-17-13/h2-8H,9H2,1H3. The summed E-state index contributed by atoms with van der Waals surface area (Å²) in [6, 6.07) is 9.70. The number of benzene rings is 1. The molecule has 0 fully saturated rings. The zero-order valence-corrected chi connectivity index (χ0v) is 11.9. The summed E-state index contributed by atoms with van der Waals surface area (Å²) >= 11 is 3.29. The molecule has 0 aliphatic rings. The fourth-order valence-corrected chi connectivity index (χ4v) is 2.13. The van der Waals surface area contributed by atoms with E-state index in [9.17, 15) is 9.18 Å². The van der Waals surface area contributed by atoms with Crippen molar-refractivity contribution in [2.45, 2.75) is 6.54 Å². The Morgan fingerprint density at radius 1 is 1.37 bits per heavy atom. The molecule has 0 unspecified atom stereocenters. The number of hydrogen-bond donors (Lipinski definition) is 0. The molecule has 98 valence electrons. The summed E-state index contributed by atoms with van der Waals surface area (Å²) in [5, 5.41) is 0. The number of hydrogen-bond acceptors (Lipinski definition) is 2. The molecule has 2 rings (SSSR count). The first-order valence-electron chi connectivity index (χ1n) is 5.68. The second-order valence-corrected chi connectivity index (χ2v) is 4.98. The maximum atomic E-state index is 13.1. The fraction of sp³-hybridized carbons (Fsp3) is 0.143. The van der Waals surface area contributed by atoms with E-state index in [1.807, 2.05) is 0 Å². The minimum atomic E-state index is -0.308. The molecule has 2 aromatic rings. The van der Waals surface area contributed by atoms with E-state index in [-0.39, 0.29) is 11.7 Å². The van der Waals surface area contributed by atoms with E-state index in [1.54, 1.807) is 37.5 Å². The second-order valence-electron chi connectivity index (χ2n) is 4.12. The van der Waals surface area contributed by atoms with Gasteiger partial charge in [-0.05, 0) is 45.8 Å². The summed E-state index contributed by atoms with van der Waals surface area (Å²) in [5.41, 5.74) is 1.09. The van der Waals surface area contributed by atoms with Gasteiger partial charge in [-0.3, -0.25) is 4.79 Å². The Kier molecular flexibility index (Phi) is 4.27. The predicted molar refractivity (Wildman–Crippen MR) is 74.1 cm³/mol. The van der Waals surface area contributed by atoms with Crippen LogP contribution in [0.25, 0.3) is 0 Å². The summed E-state index contributed by atoms with van der Waals surface area (Å²) in [7, 11) is 1.66. The lowest BCUT2D eigenvalue weighted by Crippen LogP contribution is -2.27. The molecule has 0 aliphatic carbocycles. The van der Waals surface area contributed by atoms with E-state index in [0.29, 0.717) is 16.7 Å². The van der Waals surface area contributed by atoms with Crippen molar-refractivity contribution in [3.8, 4) is 0 Å². The van der Waals surface area contributed by atoms with Crippen LogP contribution in [0, 0.1) is 5.82 Å². The molecule has 0 N–H and O–H groups in total. The zero-order chi connectivity index (χ0) is 13.8. The lowest BCUT2D eigenvalue weighted by Gasteiger charge is -2.17. The molecule has 1 heterocycles. The predicted octanol–water partition coefficient (Wildman–Crippen LogP) is 3.26. The molecular weight excluding hydrogens is 311 g/mol. The molecular formula is C14H12BrFN2O. The highest BCUT2D eigenvalue weighted by molar-refractivity contribution is 9.10. The van der Waals surface area contributed by atoms with E-state index < -0.39 is 0 Å². The smallest absolute Gasteiger partial charge is 0.273 e. The van der Waals surface area contributed by atoms with Gasteiger partial charge in [0.15, 0.2) is 0 Å². The number of amides is 1. The summed E-state index contributed by atoms with van der Waals surface area (Å²) in [5.74, 6) is -0.519. The first kappa shape index (κ1) is 13.7. The Morgan fingerprint density at radius 2 is 2.16 bits per heavy atom. The van der Waals surface area contributed by atoms with Gasteiger partial charge in [0.05, 0.1) is 0 Å². The van der Waals surface area contributed by atoms with Crippen LogP contribution in [0.5, 0.6) is 0 Å². The van der Waals surface area contributed by atoms with Crippen LogP contribution in [0.4, 0.5) is 4.39 Å². The molecule has 0 saturated carbocycles. The van der Waals surface area contributed by atoms with Crippen LogP contribution in [0.3, 0.4) is 0 Å². The van der Waals surface area contributed by atoms with Crippen LogP contribution < -0.4 is 0 Å². The van der Waals surface area contributed by atoms with Crippen LogP contribution in [-0.4, -0.2) is 22.8 Å². The van der Waals surface area contributed by atoms with Crippen LogP contribution in [0.2, 0.25) is 0 Å². The third kappa shape index (κ3) is 3.38. The van der Waals surface area contributed by atoms with E-state index in [0.717, 1.165) is 5.56 Å². The van der Waals surface area contributed by atoms with Crippen molar-refractivity contribution in [1.82, 2.24) is 9.88 Å². The lowest BCUT2D eigenvalue weighted by atomic mass is 10.2. The SMILES string of the molecule is CN(Cc1cccc(F)c1)C(=O)c1ncccc1Br. The van der Waals surface area contributed by atoms with E-state index in [2.05, 4.69) is 20.9 Å². The van der Waals surface area contributed by atoms with E-state index in [1.165, 1.54) is 17.0 Å². The Balaban J connectivity index is 2.14. The normalized spacial score (nSPS) is 10.3. The highest BCUT2D eigenvalue weighted by Gasteiger charge is 2.16. The molecule has 0 atom stereocenters. The average Bonchev–Trinajstić information content (AvgIpc) is 2.38. The molecule has 1 aromatic heterocycles. The first-order chi connectivity index (χ1) is 9.08. The van der Waals surface area contributed by atoms with Crippen LogP contribution >= 0.6 is 15.9 Å². The van der Waals surface area contributed by atoms with E-state index >= 15 is 0 Å². The van der Waals surface area contributed by atoms with Crippen molar-refractivity contribution < 1.29 is 9.18 Å². The molecule has 0 bridgehead atoms. The van der Waals surface area contributed by atoms with Crippen molar-refractivity contribution >= 4 is 21.8 Å². The van der Waals surface area contributed by atoms with Crippen LogP contribution in [0.1, 0.15) is 16.1 Å². The van der Waals surface area contributed by atoms with Crippen molar-refractivity contribution in [2.75, 3.05) is 7.05 Å². The minimum absolute atomic E-state index is 0.211. The van der Waals surface area contributed by atoms with Gasteiger partial charge in [0.1, 0.15) is 11.5 Å². The summed E-state index contributed by atoms with van der Waals surface area (Å²) in [6.45, 7) is 0.333. The van der Waals surface area contributed by atoms with E-state index in [4.69, 9.17) is 0 Å². The summed E-state index contributed by atoms with van der Waals surface area (Å²) in [4.78, 5) is 17.7. The number of carbonyl (C=O) groups is 1. The number of aromatic nitrogens is 1. The van der Waals surface area contributed by atoms with Gasteiger partial charge in [-0.2, -0.15) is 0 Å². The Morgan fingerprint density at radius 3 is 2.84 bits per heavy atom. The third-order valence-corrected chi connectivity index (χ3v) is 3.26. The van der Waals surface area contributed by atoms with Gasteiger partial charge in [0, 0.05) is 24.3 Å². The maximum Gasteiger partial charge on any atom is 0.273 e. The number of carbonyl (C=O) groups excluding carboxylic acids is 1. The van der Waals surface area contributed by atoms with Crippen molar-refractivity contribution in [3.63, 3.8) is 0 Å². The quantitative estimate of drug-likeness (QED) is 0.869. The molecule has 0 saturated heterocycles. The van der Waals surface area contributed by atoms with Gasteiger partial charge in [-0.1, -0.05) is 12.1 Å². The fourth-order valence-electron chi connectivity index (χ4n) is 1.70. The molecule has 19 heavy (non-hydrogen) atoms. The Hall–Kier alpha value is -1.75. The molecule has 0 aliphatic heterocycles. The highest BCUT2D eigenvalue weighted by Crippen LogP contribution is 2.16. The van der Waals surface area contributed by atoms with Gasteiger partial charge in [0.25, 0.3) is 5.91 Å². The van der Waals surface area contributed by atoms with Crippen molar-refractivity contribution in [1.29, 1.82) is 0 Å². The minimum Gasteiger partial charge on any atom is -0.336 e. The van der Waals surface area contributed by atoms with Crippen LogP contribution in [0.15, 0.2) is 47.1 Å². The lowest BCUT2D eigenvalue weighted by molar-refractivity contribution is 0.0778. The second kappa shape index (κ2) is 5.93. The maximum absolute atomic E-state index is 13.1. The van der Waals surface area contributed by atoms with Crippen LogP contribution in [-0.2, 0) is 6.54 Å². The van der Waals surface area contributed by atoms with Crippen molar-refractivity contribution in [3.05, 3.63) is 64.1 Å². The molecule has 1 amide bonds. The number of nitrogens with zero attached hydrogens (tertiary/aromatic N) is 2. The molecule has 5 heteroatoms. The number of rotatable bonds is 3. The Labute approximate surface area is 119 Å². The van der Waals surface area contributed by atoms with Gasteiger partial charge in [0.2, 0.25) is 0 Å². The van der Waals surface area contributed by atoms with Gasteiger partial charge in [-0.15, -0.1) is 0 Å². The molecule has 0 radical (unpaired) electrons. The van der Waals surface area contributed by atoms with Gasteiger partial charge >= 0.3 is 0 Å². The summed E-state index contributed by atoms with van der Waals surface area (Å²) < 4.78 is 13.7. The van der Waals surface area contributed by atoms with Crippen molar-refractivity contribution in [2.24, 2.45) is 0 Å².